The van der Waals surface area contributed by atoms with E-state index in [-0.39, 0.29) is 24.2 Å². The lowest BCUT2D eigenvalue weighted by Crippen LogP contribution is -2.33. The van der Waals surface area contributed by atoms with Crippen molar-refractivity contribution in [2.24, 2.45) is 5.73 Å². The Morgan fingerprint density at radius 2 is 1.89 bits per heavy atom. The summed E-state index contributed by atoms with van der Waals surface area (Å²) in [6.07, 6.45) is 1.66. The molecule has 0 aliphatic carbocycles. The summed E-state index contributed by atoms with van der Waals surface area (Å²) < 4.78 is 5.88. The molecule has 0 atom stereocenters. The van der Waals surface area contributed by atoms with Crippen LogP contribution in [0.25, 0.3) is 6.08 Å². The van der Waals surface area contributed by atoms with Gasteiger partial charge in [0.25, 0.3) is 11.1 Å². The van der Waals surface area contributed by atoms with Gasteiger partial charge in [0.05, 0.1) is 16.5 Å². The fourth-order valence-corrected chi connectivity index (χ4v) is 3.39. The van der Waals surface area contributed by atoms with E-state index in [1.165, 1.54) is 0 Å². The predicted molar refractivity (Wildman–Crippen MR) is 104 cm³/mol. The fourth-order valence-electron chi connectivity index (χ4n) is 2.53. The highest BCUT2D eigenvalue weighted by atomic mass is 32.2. The predicted octanol–water partition coefficient (Wildman–Crippen LogP) is 3.13. The van der Waals surface area contributed by atoms with Crippen LogP contribution in [0, 0.1) is 11.3 Å². The highest BCUT2D eigenvalue weighted by Crippen LogP contribution is 2.33. The highest BCUT2D eigenvalue weighted by Gasteiger charge is 2.34. The largest absolute Gasteiger partial charge is 0.488 e. The Labute approximate surface area is 161 Å². The van der Waals surface area contributed by atoms with Crippen molar-refractivity contribution < 1.29 is 14.3 Å². The molecule has 0 bridgehead atoms. The second-order valence-corrected chi connectivity index (χ2v) is 6.75. The van der Waals surface area contributed by atoms with Crippen LogP contribution in [0.15, 0.2) is 53.4 Å². The molecule has 27 heavy (non-hydrogen) atoms. The van der Waals surface area contributed by atoms with Crippen molar-refractivity contribution in [2.45, 2.75) is 6.61 Å². The Hall–Kier alpha value is -3.08. The Morgan fingerprint density at radius 3 is 2.59 bits per heavy atom. The highest BCUT2D eigenvalue weighted by molar-refractivity contribution is 8.18. The van der Waals surface area contributed by atoms with E-state index in [9.17, 15) is 9.59 Å². The maximum atomic E-state index is 12.4. The van der Waals surface area contributed by atoms with Gasteiger partial charge < -0.3 is 10.5 Å². The standard InChI is InChI=1S/C20H17N3O3S/c21-9-10-23-19(24)18(27-20(23)25)11-16-3-1-2-4-17(16)26-13-15-7-5-14(12-22)6-8-15/h1-8,11H,9-10,13,21H2/b18-11-. The van der Waals surface area contributed by atoms with E-state index in [4.69, 9.17) is 15.7 Å². The number of thioether (sulfide) groups is 1. The van der Waals surface area contributed by atoms with E-state index < -0.39 is 0 Å². The van der Waals surface area contributed by atoms with Gasteiger partial charge in [-0.25, -0.2) is 0 Å². The molecule has 1 heterocycles. The molecule has 0 unspecified atom stereocenters. The van der Waals surface area contributed by atoms with Crippen molar-refractivity contribution in [3.8, 4) is 11.8 Å². The lowest BCUT2D eigenvalue weighted by atomic mass is 10.1. The zero-order valence-corrected chi connectivity index (χ0v) is 15.2. The molecule has 2 aromatic rings. The summed E-state index contributed by atoms with van der Waals surface area (Å²) in [5.74, 6) is 0.268. The quantitative estimate of drug-likeness (QED) is 0.775. The molecule has 6 nitrogen and oxygen atoms in total. The zero-order chi connectivity index (χ0) is 19.2. The van der Waals surface area contributed by atoms with Crippen molar-refractivity contribution in [1.29, 1.82) is 5.26 Å². The average molecular weight is 379 g/mol. The molecule has 0 saturated carbocycles. The number of benzene rings is 2. The summed E-state index contributed by atoms with van der Waals surface area (Å²) in [6, 6.07) is 16.5. The first kappa shape index (κ1) is 18.7. The van der Waals surface area contributed by atoms with E-state index >= 15 is 0 Å². The van der Waals surface area contributed by atoms with Gasteiger partial charge in [0, 0.05) is 18.7 Å². The molecule has 0 aromatic heterocycles. The van der Waals surface area contributed by atoms with E-state index in [0.29, 0.717) is 28.4 Å². The van der Waals surface area contributed by atoms with Crippen LogP contribution in [0.4, 0.5) is 4.79 Å². The number of nitrogens with zero attached hydrogens (tertiary/aromatic N) is 2. The van der Waals surface area contributed by atoms with Crippen molar-refractivity contribution in [3.63, 3.8) is 0 Å². The first-order valence-electron chi connectivity index (χ1n) is 8.28. The Bertz CT molecular complexity index is 932. The van der Waals surface area contributed by atoms with Crippen LogP contribution in [0.1, 0.15) is 16.7 Å². The third kappa shape index (κ3) is 4.37. The van der Waals surface area contributed by atoms with Gasteiger partial charge >= 0.3 is 0 Å². The number of ether oxygens (including phenoxy) is 1. The number of rotatable bonds is 6. The second-order valence-electron chi connectivity index (χ2n) is 5.76. The van der Waals surface area contributed by atoms with E-state index in [1.807, 2.05) is 30.3 Å². The van der Waals surface area contributed by atoms with Gasteiger partial charge in [-0.2, -0.15) is 5.26 Å². The number of amides is 2. The van der Waals surface area contributed by atoms with Crippen LogP contribution < -0.4 is 10.5 Å². The fraction of sp³-hybridized carbons (Fsp3) is 0.150. The topological polar surface area (TPSA) is 96.4 Å². The normalized spacial score (nSPS) is 15.3. The molecule has 1 fully saturated rings. The summed E-state index contributed by atoms with van der Waals surface area (Å²) in [7, 11) is 0. The number of carbonyl (C=O) groups excluding carboxylic acids is 2. The molecule has 7 heteroatoms. The van der Waals surface area contributed by atoms with Gasteiger partial charge in [0.2, 0.25) is 0 Å². The third-order valence-corrected chi connectivity index (χ3v) is 4.82. The van der Waals surface area contributed by atoms with Crippen molar-refractivity contribution in [1.82, 2.24) is 4.90 Å². The Morgan fingerprint density at radius 1 is 1.15 bits per heavy atom. The van der Waals surface area contributed by atoms with Crippen LogP contribution in [-0.4, -0.2) is 29.1 Å². The Kier molecular flexibility index (Phi) is 5.91. The number of nitrogens with two attached hydrogens (primary N) is 1. The molecule has 1 aliphatic rings. The van der Waals surface area contributed by atoms with E-state index in [2.05, 4.69) is 6.07 Å². The molecule has 2 aromatic carbocycles. The van der Waals surface area contributed by atoms with Crippen LogP contribution in [-0.2, 0) is 11.4 Å². The minimum atomic E-state index is -0.336. The molecule has 3 rings (SSSR count). The molecule has 136 valence electrons. The second kappa shape index (κ2) is 8.54. The summed E-state index contributed by atoms with van der Waals surface area (Å²) in [5, 5.41) is 8.54. The Balaban J connectivity index is 1.77. The minimum absolute atomic E-state index is 0.207. The van der Waals surface area contributed by atoms with E-state index in [0.717, 1.165) is 22.2 Å². The van der Waals surface area contributed by atoms with Gasteiger partial charge in [-0.15, -0.1) is 0 Å². The molecule has 2 N–H and O–H groups in total. The molecule has 0 spiro atoms. The number of hydrogen-bond acceptors (Lipinski definition) is 6. The van der Waals surface area contributed by atoms with Crippen LogP contribution >= 0.6 is 11.8 Å². The molecule has 0 radical (unpaired) electrons. The smallest absolute Gasteiger partial charge is 0.293 e. The first-order valence-corrected chi connectivity index (χ1v) is 9.10. The van der Waals surface area contributed by atoms with Crippen LogP contribution in [0.3, 0.4) is 0 Å². The van der Waals surface area contributed by atoms with Gasteiger partial charge in [-0.3, -0.25) is 14.5 Å². The minimum Gasteiger partial charge on any atom is -0.488 e. The molecule has 2 amide bonds. The SMILES string of the molecule is N#Cc1ccc(COc2ccccc2/C=C2\SC(=O)N(CCN)C2=O)cc1. The van der Waals surface area contributed by atoms with Crippen LogP contribution in [0.5, 0.6) is 5.75 Å². The lowest BCUT2D eigenvalue weighted by Gasteiger charge is -2.10. The maximum absolute atomic E-state index is 12.4. The number of hydrogen-bond donors (Lipinski definition) is 1. The van der Waals surface area contributed by atoms with E-state index in [1.54, 1.807) is 24.3 Å². The zero-order valence-electron chi connectivity index (χ0n) is 14.4. The summed E-state index contributed by atoms with van der Waals surface area (Å²) in [6.45, 7) is 0.764. The number of carbonyl (C=O) groups is 2. The van der Waals surface area contributed by atoms with Crippen molar-refractivity contribution in [2.75, 3.05) is 13.1 Å². The van der Waals surface area contributed by atoms with Crippen molar-refractivity contribution >= 4 is 29.0 Å². The van der Waals surface area contributed by atoms with Crippen LogP contribution in [0.2, 0.25) is 0 Å². The summed E-state index contributed by atoms with van der Waals surface area (Å²) >= 11 is 0.901. The number of nitriles is 1. The number of imide groups is 1. The molecular formula is C20H17N3O3S. The average Bonchev–Trinajstić information content (AvgIpc) is 2.95. The lowest BCUT2D eigenvalue weighted by molar-refractivity contribution is -0.122. The monoisotopic (exact) mass is 379 g/mol. The molecule has 1 saturated heterocycles. The first-order chi connectivity index (χ1) is 13.1. The summed E-state index contributed by atoms with van der Waals surface area (Å²) in [5.41, 5.74) is 7.68. The number of para-hydroxylation sites is 1. The third-order valence-electron chi connectivity index (χ3n) is 3.91. The molecular weight excluding hydrogens is 362 g/mol. The van der Waals surface area contributed by atoms with Gasteiger partial charge in [-0.1, -0.05) is 30.3 Å². The van der Waals surface area contributed by atoms with Crippen molar-refractivity contribution in [3.05, 3.63) is 70.1 Å². The van der Waals surface area contributed by atoms with Gasteiger partial charge in [0.1, 0.15) is 12.4 Å². The summed E-state index contributed by atoms with van der Waals surface area (Å²) in [4.78, 5) is 25.8. The van der Waals surface area contributed by atoms with Gasteiger partial charge in [0.15, 0.2) is 0 Å². The maximum Gasteiger partial charge on any atom is 0.293 e. The van der Waals surface area contributed by atoms with Gasteiger partial charge in [-0.05, 0) is 41.6 Å². The molecule has 1 aliphatic heterocycles.